The first-order valence-corrected chi connectivity index (χ1v) is 29.0. The number of fused-ring (bicyclic) bond motifs is 3. The number of hydrogen-bond donors (Lipinski definition) is 2. The summed E-state index contributed by atoms with van der Waals surface area (Å²) in [7, 11) is 0. The molecule has 2 atom stereocenters. The van der Waals surface area contributed by atoms with Crippen LogP contribution in [0.5, 0.6) is 5.75 Å². The molecule has 3 fully saturated rings. The van der Waals surface area contributed by atoms with Gasteiger partial charge in [-0.25, -0.2) is 19.2 Å². The Balaban J connectivity index is 0.672. The number of esters is 1. The van der Waals surface area contributed by atoms with Crippen molar-refractivity contribution < 1.29 is 47.4 Å². The summed E-state index contributed by atoms with van der Waals surface area (Å²) >= 11 is 1.43. The Morgan fingerprint density at radius 2 is 1.55 bits per heavy atom. The molecule has 82 heavy (non-hydrogen) atoms. The second-order valence-corrected chi connectivity index (χ2v) is 23.8. The van der Waals surface area contributed by atoms with Gasteiger partial charge in [-0.15, -0.1) is 0 Å². The van der Waals surface area contributed by atoms with Crippen molar-refractivity contribution in [3.63, 3.8) is 0 Å². The van der Waals surface area contributed by atoms with Crippen LogP contribution in [0.3, 0.4) is 0 Å². The van der Waals surface area contributed by atoms with E-state index in [0.717, 1.165) is 82.2 Å². The number of nitrogens with one attached hydrogen (secondary N) is 2. The van der Waals surface area contributed by atoms with E-state index < -0.39 is 47.1 Å². The highest BCUT2D eigenvalue weighted by Crippen LogP contribution is 2.37. The minimum Gasteiger partial charge on any atom is -0.493 e. The van der Waals surface area contributed by atoms with Gasteiger partial charge in [-0.1, -0.05) is 47.7 Å². The van der Waals surface area contributed by atoms with Crippen LogP contribution < -0.4 is 25.2 Å². The molecule has 2 N–H and O–H groups in total. The SMILES string of the molecule is Cc1c(OCCCC2CCN([C@H](C)C(=O)N3CCN(c4cc5c(cc4F)C(=O)N(C4CCC(=O)NC4=O)C5=O)CC3)CC2)cccc1-c1ccc(N2CCc3cccc(C(=O)Nc4nc5ccccc5s4)c3C2)nc1C(=O)OC(C)(C)C. The zero-order valence-corrected chi connectivity index (χ0v) is 47.5. The summed E-state index contributed by atoms with van der Waals surface area (Å²) in [5, 5.41) is 5.73. The summed E-state index contributed by atoms with van der Waals surface area (Å²) in [6.45, 7) is 13.9. The summed E-state index contributed by atoms with van der Waals surface area (Å²) in [5.41, 5.74) is 5.14. The van der Waals surface area contributed by atoms with Crippen LogP contribution in [0.2, 0.25) is 0 Å². The zero-order valence-electron chi connectivity index (χ0n) is 46.7. The number of amides is 6. The molecule has 0 saturated carbocycles. The number of nitrogens with zero attached hydrogens (tertiary/aromatic N) is 7. The Labute approximate surface area is 478 Å². The highest BCUT2D eigenvalue weighted by molar-refractivity contribution is 7.22. The molecule has 0 spiro atoms. The van der Waals surface area contributed by atoms with Gasteiger partial charge in [0.25, 0.3) is 17.7 Å². The number of halogens is 1. The number of piperazine rings is 1. The van der Waals surface area contributed by atoms with E-state index >= 15 is 4.39 Å². The van der Waals surface area contributed by atoms with Crippen molar-refractivity contribution >= 4 is 79.6 Å². The maximum Gasteiger partial charge on any atom is 0.358 e. The lowest BCUT2D eigenvalue weighted by molar-refractivity contribution is -0.138. The summed E-state index contributed by atoms with van der Waals surface area (Å²) in [4.78, 5) is 111. The molecule has 1 unspecified atom stereocenters. The summed E-state index contributed by atoms with van der Waals surface area (Å²) in [6, 6.07) is 24.2. The number of piperidine rings is 2. The van der Waals surface area contributed by atoms with Gasteiger partial charge in [0.2, 0.25) is 17.7 Å². The monoisotopic (exact) mass is 1130 g/mol. The van der Waals surface area contributed by atoms with Gasteiger partial charge < -0.3 is 24.2 Å². The molecule has 11 rings (SSSR count). The fraction of sp³-hybridized carbons (Fsp3) is 0.403. The largest absolute Gasteiger partial charge is 0.493 e. The summed E-state index contributed by atoms with van der Waals surface area (Å²) in [5.74, 6) is -2.33. The van der Waals surface area contributed by atoms with E-state index in [9.17, 15) is 33.6 Å². The third-order valence-electron chi connectivity index (χ3n) is 16.4. The fourth-order valence-electron chi connectivity index (χ4n) is 12.0. The molecule has 0 radical (unpaired) electrons. The molecule has 5 aliphatic heterocycles. The molecule has 5 aliphatic rings. The van der Waals surface area contributed by atoms with Crippen LogP contribution in [0, 0.1) is 18.7 Å². The minimum absolute atomic E-state index is 0.00388. The number of pyridine rings is 1. The molecule has 6 aromatic rings. The molecular formula is C62H66FN9O9S. The first-order chi connectivity index (χ1) is 39.4. The van der Waals surface area contributed by atoms with Crippen LogP contribution in [0.1, 0.15) is 124 Å². The minimum atomic E-state index is -1.15. The number of ether oxygens (including phenoxy) is 2. The quantitative estimate of drug-likeness (QED) is 0.0596. The van der Waals surface area contributed by atoms with Crippen molar-refractivity contribution in [2.45, 2.75) is 104 Å². The Bertz CT molecular complexity index is 3510. The number of rotatable bonds is 14. The number of thiazole rings is 1. The van der Waals surface area contributed by atoms with Crippen LogP contribution in [-0.4, -0.2) is 136 Å². The molecule has 6 amide bonds. The van der Waals surface area contributed by atoms with Crippen molar-refractivity contribution in [2.75, 3.05) is 67.5 Å². The Morgan fingerprint density at radius 1 is 0.805 bits per heavy atom. The van der Waals surface area contributed by atoms with Crippen LogP contribution in [-0.2, 0) is 32.1 Å². The van der Waals surface area contributed by atoms with Gasteiger partial charge in [0, 0.05) is 56.8 Å². The number of hydrogen-bond acceptors (Lipinski definition) is 15. The van der Waals surface area contributed by atoms with E-state index in [-0.39, 0.29) is 53.2 Å². The fourth-order valence-corrected chi connectivity index (χ4v) is 12.8. The lowest BCUT2D eigenvalue weighted by atomic mass is 9.91. The van der Waals surface area contributed by atoms with Crippen LogP contribution in [0.4, 0.5) is 21.0 Å². The first kappa shape index (κ1) is 55.8. The van der Waals surface area contributed by atoms with Gasteiger partial charge in [0.05, 0.1) is 39.7 Å². The number of benzene rings is 4. The average Bonchev–Trinajstić information content (AvgIpc) is 4.12. The van der Waals surface area contributed by atoms with E-state index in [4.69, 9.17) is 14.5 Å². The van der Waals surface area contributed by atoms with Gasteiger partial charge in [0.15, 0.2) is 10.8 Å². The number of likely N-dealkylation sites (tertiary alicyclic amines) is 1. The van der Waals surface area contributed by atoms with Crippen molar-refractivity contribution in [1.82, 2.24) is 30.0 Å². The number of aromatic nitrogens is 2. The van der Waals surface area contributed by atoms with Gasteiger partial charge in [-0.05, 0) is 163 Å². The number of imide groups is 2. The van der Waals surface area contributed by atoms with Crippen molar-refractivity contribution in [2.24, 2.45) is 5.92 Å². The van der Waals surface area contributed by atoms with E-state index in [1.54, 1.807) is 9.80 Å². The predicted molar refractivity (Wildman–Crippen MR) is 309 cm³/mol. The van der Waals surface area contributed by atoms with Gasteiger partial charge in [0.1, 0.15) is 29.0 Å². The first-order valence-electron chi connectivity index (χ1n) is 28.2. The Morgan fingerprint density at radius 3 is 2.29 bits per heavy atom. The molecule has 2 aromatic heterocycles. The van der Waals surface area contributed by atoms with Crippen molar-refractivity contribution in [1.29, 1.82) is 0 Å². The van der Waals surface area contributed by atoms with Gasteiger partial charge >= 0.3 is 5.97 Å². The molecule has 426 valence electrons. The predicted octanol–water partition coefficient (Wildman–Crippen LogP) is 8.59. The number of para-hydroxylation sites is 1. The molecule has 18 nitrogen and oxygen atoms in total. The van der Waals surface area contributed by atoms with E-state index in [0.29, 0.717) is 86.0 Å². The van der Waals surface area contributed by atoms with Crippen LogP contribution in [0.25, 0.3) is 21.3 Å². The Hall–Kier alpha value is -8.10. The standard InChI is InChI=1S/C62H66FN9O9S/c1-36-40(41-18-20-52(65-54(41)60(79)81-62(3,4)5)71-27-24-39-12-8-14-42(45(39)35-71)55(74)67-61-64-47-15-6-7-17-51(47)82-61)13-9-16-50(36)80-32-10-11-38-22-25-68(26-23-38)37(2)57(76)70-30-28-69(29-31-70)49-34-44-43(33-46(49)63)58(77)72(59(44)78)48-19-21-53(73)66-56(48)75/h6-9,12-18,20,33-34,37-38,48H,10-11,19,21-32,35H2,1-5H3,(H,64,67,74)(H,66,73,75)/t37-,48?/m1/s1. The molecule has 0 aliphatic carbocycles. The maximum absolute atomic E-state index is 15.6. The van der Waals surface area contributed by atoms with E-state index in [1.807, 2.05) is 101 Å². The smallest absolute Gasteiger partial charge is 0.358 e. The molecule has 7 heterocycles. The molecule has 0 bridgehead atoms. The number of carbonyl (C=O) groups excluding carboxylic acids is 7. The van der Waals surface area contributed by atoms with Crippen molar-refractivity contribution in [3.05, 3.63) is 130 Å². The normalized spacial score (nSPS) is 18.3. The second-order valence-electron chi connectivity index (χ2n) is 22.8. The maximum atomic E-state index is 15.6. The molecule has 20 heteroatoms. The Kier molecular flexibility index (Phi) is 15.7. The van der Waals surface area contributed by atoms with E-state index in [1.165, 1.54) is 17.4 Å². The lowest BCUT2D eigenvalue weighted by Crippen LogP contribution is -2.55. The molecule has 4 aromatic carbocycles. The summed E-state index contributed by atoms with van der Waals surface area (Å²) in [6.07, 6.45) is 4.37. The molecular weight excluding hydrogens is 1070 g/mol. The molecule has 3 saturated heterocycles. The van der Waals surface area contributed by atoms with Crippen LogP contribution in [0.15, 0.2) is 84.9 Å². The second kappa shape index (κ2) is 23.0. The highest BCUT2D eigenvalue weighted by Gasteiger charge is 2.46. The summed E-state index contributed by atoms with van der Waals surface area (Å²) < 4.78 is 29.0. The topological polar surface area (TPSA) is 204 Å². The number of anilines is 3. The number of carbonyl (C=O) groups is 7. The zero-order chi connectivity index (χ0) is 57.6. The highest BCUT2D eigenvalue weighted by atomic mass is 32.1. The third kappa shape index (κ3) is 11.4. The third-order valence-corrected chi connectivity index (χ3v) is 17.4. The average molecular weight is 1130 g/mol. The van der Waals surface area contributed by atoms with Crippen LogP contribution >= 0.6 is 11.3 Å². The van der Waals surface area contributed by atoms with E-state index in [2.05, 4.69) is 31.5 Å². The van der Waals surface area contributed by atoms with Crippen molar-refractivity contribution in [3.8, 4) is 16.9 Å². The van der Waals surface area contributed by atoms with Gasteiger partial charge in [-0.3, -0.25) is 49.2 Å². The lowest BCUT2D eigenvalue weighted by Gasteiger charge is -2.40. The van der Waals surface area contributed by atoms with Gasteiger partial charge in [-0.2, -0.15) is 0 Å².